The van der Waals surface area contributed by atoms with Crippen LogP contribution in [0.5, 0.6) is 0 Å². The Morgan fingerprint density at radius 2 is 2.09 bits per heavy atom. The maximum Gasteiger partial charge on any atom is 0.223 e. The molecule has 1 aromatic rings. The number of carbonyl (C=O) groups is 2. The third-order valence-electron chi connectivity index (χ3n) is 4.48. The van der Waals surface area contributed by atoms with Gasteiger partial charge in [-0.05, 0) is 24.3 Å². The minimum absolute atomic E-state index is 0.0184. The van der Waals surface area contributed by atoms with E-state index in [4.69, 9.17) is 0 Å². The quantitative estimate of drug-likeness (QED) is 0.871. The van der Waals surface area contributed by atoms with Gasteiger partial charge in [0, 0.05) is 19.5 Å². The standard InChI is InChI=1S/C18H22N2O2/c21-17-13-16(15-8-2-1-3-9-15)20(11-10-19-17)18(22)12-14-6-4-5-7-14/h1-4,6,8-9,14,16H,5,7,10-13H2,(H,19,21)/t14-,16+/m0/s1. The van der Waals surface area contributed by atoms with Gasteiger partial charge in [0.25, 0.3) is 0 Å². The fourth-order valence-corrected chi connectivity index (χ4v) is 3.31. The van der Waals surface area contributed by atoms with Crippen LogP contribution < -0.4 is 5.32 Å². The highest BCUT2D eigenvalue weighted by molar-refractivity contribution is 5.81. The number of benzene rings is 1. The maximum atomic E-state index is 12.8. The molecule has 116 valence electrons. The highest BCUT2D eigenvalue weighted by atomic mass is 16.2. The van der Waals surface area contributed by atoms with Gasteiger partial charge < -0.3 is 10.2 Å². The van der Waals surface area contributed by atoms with E-state index in [0.29, 0.717) is 31.8 Å². The number of carbonyl (C=O) groups excluding carboxylic acids is 2. The van der Waals surface area contributed by atoms with Crippen LogP contribution in [0.2, 0.25) is 0 Å². The van der Waals surface area contributed by atoms with Gasteiger partial charge in [-0.15, -0.1) is 0 Å². The molecule has 0 saturated carbocycles. The van der Waals surface area contributed by atoms with E-state index in [2.05, 4.69) is 17.5 Å². The molecule has 1 heterocycles. The molecule has 2 atom stereocenters. The number of nitrogens with zero attached hydrogens (tertiary/aromatic N) is 1. The molecule has 4 heteroatoms. The zero-order valence-electron chi connectivity index (χ0n) is 12.7. The van der Waals surface area contributed by atoms with Crippen LogP contribution in [0.25, 0.3) is 0 Å². The monoisotopic (exact) mass is 298 g/mol. The van der Waals surface area contributed by atoms with Crippen molar-refractivity contribution in [1.29, 1.82) is 0 Å². The molecule has 1 aliphatic heterocycles. The van der Waals surface area contributed by atoms with Gasteiger partial charge in [0.1, 0.15) is 0 Å². The lowest BCUT2D eigenvalue weighted by molar-refractivity contribution is -0.134. The topological polar surface area (TPSA) is 49.4 Å². The number of amides is 2. The Balaban J connectivity index is 1.79. The third-order valence-corrected chi connectivity index (χ3v) is 4.48. The molecule has 22 heavy (non-hydrogen) atoms. The van der Waals surface area contributed by atoms with Gasteiger partial charge in [-0.2, -0.15) is 0 Å². The van der Waals surface area contributed by atoms with E-state index < -0.39 is 0 Å². The Hall–Kier alpha value is -2.10. The summed E-state index contributed by atoms with van der Waals surface area (Å²) >= 11 is 0. The lowest BCUT2D eigenvalue weighted by atomic mass is 9.99. The first-order valence-corrected chi connectivity index (χ1v) is 8.02. The minimum Gasteiger partial charge on any atom is -0.354 e. The molecule has 1 fully saturated rings. The summed E-state index contributed by atoms with van der Waals surface area (Å²) in [4.78, 5) is 26.6. The molecule has 2 aliphatic rings. The van der Waals surface area contributed by atoms with Crippen molar-refractivity contribution in [3.8, 4) is 0 Å². The molecule has 2 amide bonds. The van der Waals surface area contributed by atoms with E-state index in [1.807, 2.05) is 35.2 Å². The molecular formula is C18H22N2O2. The summed E-state index contributed by atoms with van der Waals surface area (Å²) in [5, 5.41) is 2.88. The van der Waals surface area contributed by atoms with Crippen LogP contribution >= 0.6 is 0 Å². The average Bonchev–Trinajstić information content (AvgIpc) is 2.95. The van der Waals surface area contributed by atoms with Crippen LogP contribution in [-0.4, -0.2) is 29.8 Å². The summed E-state index contributed by atoms with van der Waals surface area (Å²) in [5.74, 6) is 0.530. The van der Waals surface area contributed by atoms with Crippen LogP contribution in [0.15, 0.2) is 42.5 Å². The van der Waals surface area contributed by atoms with Crippen molar-refractivity contribution in [1.82, 2.24) is 10.2 Å². The second-order valence-electron chi connectivity index (χ2n) is 6.04. The number of rotatable bonds is 3. The zero-order chi connectivity index (χ0) is 15.4. The first-order chi connectivity index (χ1) is 10.7. The molecule has 1 aromatic carbocycles. The van der Waals surface area contributed by atoms with Crippen LogP contribution in [0.3, 0.4) is 0 Å². The lowest BCUT2D eigenvalue weighted by Crippen LogP contribution is -2.37. The van der Waals surface area contributed by atoms with E-state index in [-0.39, 0.29) is 17.9 Å². The molecule has 4 nitrogen and oxygen atoms in total. The molecule has 0 spiro atoms. The van der Waals surface area contributed by atoms with Crippen molar-refractivity contribution in [2.75, 3.05) is 13.1 Å². The molecular weight excluding hydrogens is 276 g/mol. The summed E-state index contributed by atoms with van der Waals surface area (Å²) in [5.41, 5.74) is 1.04. The van der Waals surface area contributed by atoms with Crippen LogP contribution in [0, 0.1) is 5.92 Å². The minimum atomic E-state index is -0.151. The maximum absolute atomic E-state index is 12.8. The fourth-order valence-electron chi connectivity index (χ4n) is 3.31. The van der Waals surface area contributed by atoms with Gasteiger partial charge in [0.05, 0.1) is 12.5 Å². The molecule has 1 aliphatic carbocycles. The molecule has 0 bridgehead atoms. The van der Waals surface area contributed by atoms with Crippen molar-refractivity contribution < 1.29 is 9.59 Å². The van der Waals surface area contributed by atoms with Crippen molar-refractivity contribution >= 4 is 11.8 Å². The zero-order valence-corrected chi connectivity index (χ0v) is 12.7. The van der Waals surface area contributed by atoms with Crippen LogP contribution in [0.4, 0.5) is 0 Å². The van der Waals surface area contributed by atoms with Crippen molar-refractivity contribution in [3.05, 3.63) is 48.0 Å². The van der Waals surface area contributed by atoms with Crippen molar-refractivity contribution in [2.45, 2.75) is 31.7 Å². The van der Waals surface area contributed by atoms with Gasteiger partial charge in [-0.1, -0.05) is 42.5 Å². The predicted molar refractivity (Wildman–Crippen MR) is 85.0 cm³/mol. The van der Waals surface area contributed by atoms with E-state index in [9.17, 15) is 9.59 Å². The number of hydrogen-bond donors (Lipinski definition) is 1. The highest BCUT2D eigenvalue weighted by Crippen LogP contribution is 2.28. The SMILES string of the molecule is O=C1C[C@H](c2ccccc2)N(C(=O)C[C@H]2C=CCC2)CCN1. The molecule has 0 aromatic heterocycles. The number of allylic oxidation sites excluding steroid dienone is 2. The van der Waals surface area contributed by atoms with Gasteiger partial charge in [0.15, 0.2) is 0 Å². The Labute approximate surface area is 131 Å². The van der Waals surface area contributed by atoms with Gasteiger partial charge in [-0.25, -0.2) is 0 Å². The Kier molecular flexibility index (Phi) is 4.56. The van der Waals surface area contributed by atoms with E-state index in [0.717, 1.165) is 18.4 Å². The largest absolute Gasteiger partial charge is 0.354 e. The van der Waals surface area contributed by atoms with Gasteiger partial charge in [-0.3, -0.25) is 9.59 Å². The Morgan fingerprint density at radius 1 is 1.27 bits per heavy atom. The number of hydrogen-bond acceptors (Lipinski definition) is 2. The van der Waals surface area contributed by atoms with Crippen LogP contribution in [-0.2, 0) is 9.59 Å². The highest BCUT2D eigenvalue weighted by Gasteiger charge is 2.30. The van der Waals surface area contributed by atoms with E-state index in [1.54, 1.807) is 0 Å². The smallest absolute Gasteiger partial charge is 0.223 e. The van der Waals surface area contributed by atoms with Crippen molar-refractivity contribution in [2.24, 2.45) is 5.92 Å². The second kappa shape index (κ2) is 6.77. The predicted octanol–water partition coefficient (Wildman–Crippen LogP) is 2.43. The third kappa shape index (κ3) is 3.38. The molecule has 1 saturated heterocycles. The first-order valence-electron chi connectivity index (χ1n) is 8.02. The summed E-state index contributed by atoms with van der Waals surface area (Å²) in [7, 11) is 0. The fraction of sp³-hybridized carbons (Fsp3) is 0.444. The van der Waals surface area contributed by atoms with Crippen molar-refractivity contribution in [3.63, 3.8) is 0 Å². The second-order valence-corrected chi connectivity index (χ2v) is 6.04. The normalized spacial score (nSPS) is 24.9. The summed E-state index contributed by atoms with van der Waals surface area (Å²) < 4.78 is 0. The Morgan fingerprint density at radius 3 is 2.82 bits per heavy atom. The van der Waals surface area contributed by atoms with E-state index >= 15 is 0 Å². The van der Waals surface area contributed by atoms with E-state index in [1.165, 1.54) is 0 Å². The average molecular weight is 298 g/mol. The molecule has 0 unspecified atom stereocenters. The molecule has 1 N–H and O–H groups in total. The van der Waals surface area contributed by atoms with Gasteiger partial charge >= 0.3 is 0 Å². The molecule has 0 radical (unpaired) electrons. The van der Waals surface area contributed by atoms with Gasteiger partial charge in [0.2, 0.25) is 11.8 Å². The molecule has 3 rings (SSSR count). The lowest BCUT2D eigenvalue weighted by Gasteiger charge is -2.30. The summed E-state index contributed by atoms with van der Waals surface area (Å²) in [6.45, 7) is 1.12. The first kappa shape index (κ1) is 14.8. The van der Waals surface area contributed by atoms with Crippen LogP contribution in [0.1, 0.15) is 37.3 Å². The summed E-state index contributed by atoms with van der Waals surface area (Å²) in [6.07, 6.45) is 7.33. The number of nitrogens with one attached hydrogen (secondary N) is 1. The Bertz CT molecular complexity index is 568. The summed E-state index contributed by atoms with van der Waals surface area (Å²) in [6, 6.07) is 9.72.